The van der Waals surface area contributed by atoms with Crippen molar-refractivity contribution in [2.24, 2.45) is 0 Å². The summed E-state index contributed by atoms with van der Waals surface area (Å²) in [7, 11) is 0. The minimum Gasteiger partial charge on any atom is -0.475 e. The molecule has 0 radical (unpaired) electrons. The Balaban J connectivity index is 2.17. The van der Waals surface area contributed by atoms with Crippen molar-refractivity contribution in [3.63, 3.8) is 0 Å². The van der Waals surface area contributed by atoms with Crippen LogP contribution in [0.5, 0.6) is 0 Å². The summed E-state index contributed by atoms with van der Waals surface area (Å²) in [4.78, 5) is 12.0. The number of carbonyl (C=O) groups is 1. The predicted molar refractivity (Wildman–Crippen MR) is 41.5 cm³/mol. The summed E-state index contributed by atoms with van der Waals surface area (Å²) in [5, 5.41) is 8.77. The lowest BCUT2D eigenvalue weighted by atomic mass is 10.0. The van der Waals surface area contributed by atoms with Crippen molar-refractivity contribution in [2.75, 3.05) is 6.73 Å². The van der Waals surface area contributed by atoms with Crippen LogP contribution < -0.4 is 0 Å². The summed E-state index contributed by atoms with van der Waals surface area (Å²) in [6.07, 6.45) is 4.08. The third-order valence-electron chi connectivity index (χ3n) is 2.35. The maximum Gasteiger partial charge on any atom is 0.410 e. The van der Waals surface area contributed by atoms with Gasteiger partial charge in [-0.2, -0.15) is 0 Å². The summed E-state index contributed by atoms with van der Waals surface area (Å²) in [6, 6.07) is -0.00347. The standard InChI is InChI=1S/C8H11NO3/c10-8(11)9-5-12-7-4-2-1-3-6(7)9/h4,6H,1-3,5H2,(H,10,11). The highest BCUT2D eigenvalue weighted by molar-refractivity contribution is 5.66. The van der Waals surface area contributed by atoms with Crippen LogP contribution in [0.3, 0.4) is 0 Å². The van der Waals surface area contributed by atoms with Crippen LogP contribution in [0.2, 0.25) is 0 Å². The first-order valence-electron chi connectivity index (χ1n) is 4.11. The van der Waals surface area contributed by atoms with Crippen molar-refractivity contribution in [1.29, 1.82) is 0 Å². The fourth-order valence-electron chi connectivity index (χ4n) is 1.72. The molecule has 0 spiro atoms. The average molecular weight is 169 g/mol. The Kier molecular flexibility index (Phi) is 1.67. The molecule has 0 aromatic rings. The smallest absolute Gasteiger partial charge is 0.410 e. The summed E-state index contributed by atoms with van der Waals surface area (Å²) in [5.41, 5.74) is 0. The SMILES string of the molecule is O=C(O)N1COC2=CCCCC21. The second-order valence-electron chi connectivity index (χ2n) is 3.08. The average Bonchev–Trinajstić information content (AvgIpc) is 2.47. The molecule has 1 aliphatic carbocycles. The zero-order valence-corrected chi connectivity index (χ0v) is 6.69. The van der Waals surface area contributed by atoms with Gasteiger partial charge in [0.15, 0.2) is 6.73 Å². The number of hydrogen-bond donors (Lipinski definition) is 1. The number of amides is 1. The van der Waals surface area contributed by atoms with E-state index >= 15 is 0 Å². The normalized spacial score (nSPS) is 27.5. The van der Waals surface area contributed by atoms with E-state index < -0.39 is 6.09 Å². The molecule has 1 atom stereocenters. The number of fused-ring (bicyclic) bond motifs is 1. The molecule has 1 heterocycles. The summed E-state index contributed by atoms with van der Waals surface area (Å²) in [5.74, 6) is 0.851. The van der Waals surface area contributed by atoms with Crippen molar-refractivity contribution in [3.05, 3.63) is 11.8 Å². The van der Waals surface area contributed by atoms with E-state index in [1.54, 1.807) is 0 Å². The molecular formula is C8H11NO3. The van der Waals surface area contributed by atoms with Crippen molar-refractivity contribution >= 4 is 6.09 Å². The summed E-state index contributed by atoms with van der Waals surface area (Å²) < 4.78 is 5.24. The molecule has 0 aromatic heterocycles. The minimum atomic E-state index is -0.884. The maximum absolute atomic E-state index is 10.7. The van der Waals surface area contributed by atoms with Gasteiger partial charge in [0, 0.05) is 0 Å². The highest BCUT2D eigenvalue weighted by Crippen LogP contribution is 2.29. The van der Waals surface area contributed by atoms with Crippen molar-refractivity contribution in [1.82, 2.24) is 4.90 Å². The van der Waals surface area contributed by atoms with Crippen LogP contribution in [0, 0.1) is 0 Å². The number of ether oxygens (including phenoxy) is 1. The maximum atomic E-state index is 10.7. The van der Waals surface area contributed by atoms with Crippen LogP contribution in [0.25, 0.3) is 0 Å². The molecule has 4 heteroatoms. The lowest BCUT2D eigenvalue weighted by molar-refractivity contribution is 0.116. The van der Waals surface area contributed by atoms with Crippen molar-refractivity contribution in [3.8, 4) is 0 Å². The first-order valence-corrected chi connectivity index (χ1v) is 4.11. The van der Waals surface area contributed by atoms with Gasteiger partial charge in [-0.25, -0.2) is 4.79 Å². The van der Waals surface area contributed by atoms with Crippen molar-refractivity contribution in [2.45, 2.75) is 25.3 Å². The topological polar surface area (TPSA) is 49.8 Å². The molecule has 66 valence electrons. The quantitative estimate of drug-likeness (QED) is 0.596. The molecule has 0 bridgehead atoms. The molecule has 1 saturated heterocycles. The third-order valence-corrected chi connectivity index (χ3v) is 2.35. The van der Waals surface area contributed by atoms with Crippen molar-refractivity contribution < 1.29 is 14.6 Å². The molecule has 12 heavy (non-hydrogen) atoms. The Morgan fingerprint density at radius 3 is 3.33 bits per heavy atom. The van der Waals surface area contributed by atoms with Gasteiger partial charge in [-0.3, -0.25) is 4.90 Å². The van der Waals surface area contributed by atoms with Gasteiger partial charge >= 0.3 is 6.09 Å². The summed E-state index contributed by atoms with van der Waals surface area (Å²) >= 11 is 0. The van der Waals surface area contributed by atoms with Gasteiger partial charge in [0.1, 0.15) is 5.76 Å². The molecule has 1 amide bonds. The predicted octanol–water partition coefficient (Wildman–Crippen LogP) is 1.39. The van der Waals surface area contributed by atoms with Gasteiger partial charge in [0.05, 0.1) is 6.04 Å². The molecule has 1 unspecified atom stereocenters. The molecule has 1 aliphatic heterocycles. The van der Waals surface area contributed by atoms with E-state index in [1.165, 1.54) is 4.90 Å². The van der Waals surface area contributed by atoms with Crippen LogP contribution >= 0.6 is 0 Å². The van der Waals surface area contributed by atoms with Crippen LogP contribution in [-0.2, 0) is 4.74 Å². The largest absolute Gasteiger partial charge is 0.475 e. The first kappa shape index (κ1) is 7.46. The molecule has 2 aliphatic rings. The Morgan fingerprint density at radius 2 is 2.58 bits per heavy atom. The highest BCUT2D eigenvalue weighted by Gasteiger charge is 2.35. The Bertz CT molecular complexity index is 236. The van der Waals surface area contributed by atoms with E-state index in [2.05, 4.69) is 0 Å². The molecule has 0 aromatic carbocycles. The van der Waals surface area contributed by atoms with Crippen LogP contribution in [0.1, 0.15) is 19.3 Å². The second-order valence-corrected chi connectivity index (χ2v) is 3.08. The minimum absolute atomic E-state index is 0.00347. The van der Waals surface area contributed by atoms with Gasteiger partial charge in [0.2, 0.25) is 0 Å². The fraction of sp³-hybridized carbons (Fsp3) is 0.625. The molecular weight excluding hydrogens is 158 g/mol. The monoisotopic (exact) mass is 169 g/mol. The molecule has 1 fully saturated rings. The number of allylic oxidation sites excluding steroid dienone is 1. The van der Waals surface area contributed by atoms with E-state index in [0.29, 0.717) is 0 Å². The first-order chi connectivity index (χ1) is 5.79. The van der Waals surface area contributed by atoms with E-state index in [9.17, 15) is 4.79 Å². The Hall–Kier alpha value is -1.19. The molecule has 1 N–H and O–H groups in total. The van der Waals surface area contributed by atoms with E-state index in [0.717, 1.165) is 25.0 Å². The molecule has 2 rings (SSSR count). The zero-order chi connectivity index (χ0) is 8.55. The van der Waals surface area contributed by atoms with Gasteiger partial charge in [-0.1, -0.05) is 0 Å². The Labute approximate surface area is 70.4 Å². The van der Waals surface area contributed by atoms with E-state index in [4.69, 9.17) is 9.84 Å². The molecule has 4 nitrogen and oxygen atoms in total. The third kappa shape index (κ3) is 1.03. The number of rotatable bonds is 0. The van der Waals surface area contributed by atoms with E-state index in [-0.39, 0.29) is 12.8 Å². The molecule has 0 saturated carbocycles. The highest BCUT2D eigenvalue weighted by atomic mass is 16.5. The van der Waals surface area contributed by atoms with Gasteiger partial charge in [-0.15, -0.1) is 0 Å². The number of carboxylic acid groups (broad SMARTS) is 1. The van der Waals surface area contributed by atoms with Crippen LogP contribution in [-0.4, -0.2) is 28.9 Å². The lowest BCUT2D eigenvalue weighted by Crippen LogP contribution is -2.35. The van der Waals surface area contributed by atoms with Gasteiger partial charge < -0.3 is 9.84 Å². The lowest BCUT2D eigenvalue weighted by Gasteiger charge is -2.20. The van der Waals surface area contributed by atoms with Crippen LogP contribution in [0.4, 0.5) is 4.79 Å². The fourth-order valence-corrected chi connectivity index (χ4v) is 1.72. The van der Waals surface area contributed by atoms with E-state index in [1.807, 2.05) is 6.08 Å². The van der Waals surface area contributed by atoms with Gasteiger partial charge in [-0.05, 0) is 25.3 Å². The Morgan fingerprint density at radius 1 is 1.75 bits per heavy atom. The summed E-state index contributed by atoms with van der Waals surface area (Å²) in [6.45, 7) is 0.200. The number of hydrogen-bond acceptors (Lipinski definition) is 2. The number of nitrogens with zero attached hydrogens (tertiary/aromatic N) is 1. The second kappa shape index (κ2) is 2.69. The zero-order valence-electron chi connectivity index (χ0n) is 6.69. The van der Waals surface area contributed by atoms with Crippen LogP contribution in [0.15, 0.2) is 11.8 Å². The van der Waals surface area contributed by atoms with Gasteiger partial charge in [0.25, 0.3) is 0 Å².